The summed E-state index contributed by atoms with van der Waals surface area (Å²) in [6.45, 7) is -0.0750. The van der Waals surface area contributed by atoms with Crippen molar-refractivity contribution in [3.8, 4) is 0 Å². The highest BCUT2D eigenvalue weighted by Gasteiger charge is 2.23. The minimum Gasteiger partial charge on any atom is -0.467 e. The number of hydrogen-bond donors (Lipinski definition) is 2. The molecule has 0 saturated carbocycles. The molecule has 0 saturated heterocycles. The Morgan fingerprint density at radius 1 is 1.38 bits per heavy atom. The predicted octanol–water partition coefficient (Wildman–Crippen LogP) is 0.0549. The van der Waals surface area contributed by atoms with Crippen molar-refractivity contribution in [1.82, 2.24) is 30.5 Å². The summed E-state index contributed by atoms with van der Waals surface area (Å²) in [5.41, 5.74) is 1.89. The fourth-order valence-electron chi connectivity index (χ4n) is 2.50. The first kappa shape index (κ1) is 15.7. The number of tetrazole rings is 1. The molecule has 0 aliphatic carbocycles. The second-order valence-electron chi connectivity index (χ2n) is 5.21. The number of fused-ring (bicyclic) bond motifs is 1. The van der Waals surface area contributed by atoms with E-state index in [1.807, 2.05) is 30.5 Å². The number of nitrogens with zero attached hydrogens (tertiary/aromatic N) is 4. The van der Waals surface area contributed by atoms with Gasteiger partial charge in [0.1, 0.15) is 18.9 Å². The summed E-state index contributed by atoms with van der Waals surface area (Å²) in [6, 6.07) is 6.95. The van der Waals surface area contributed by atoms with E-state index in [0.29, 0.717) is 6.42 Å². The Hall–Kier alpha value is -3.23. The number of methoxy groups -OCH3 is 1. The molecule has 124 valence electrons. The van der Waals surface area contributed by atoms with E-state index in [-0.39, 0.29) is 12.5 Å². The van der Waals surface area contributed by atoms with Crippen molar-refractivity contribution in [1.29, 1.82) is 0 Å². The maximum absolute atomic E-state index is 12.1. The molecular weight excluding hydrogens is 312 g/mol. The van der Waals surface area contributed by atoms with Crippen LogP contribution in [0.2, 0.25) is 0 Å². The fourth-order valence-corrected chi connectivity index (χ4v) is 2.50. The molecule has 2 N–H and O–H groups in total. The maximum atomic E-state index is 12.1. The number of carbonyl (C=O) groups excluding carboxylic acids is 2. The standard InChI is InChI=1S/C15H16N6O3/c1-24-15(23)13(18-14(22)8-21-9-17-19-20-21)6-10-7-16-12-5-3-2-4-11(10)12/h2-5,7,9,13,16H,6,8H2,1H3,(H,18,22)/t13-/m1/s1. The number of rotatable bonds is 6. The first-order valence-electron chi connectivity index (χ1n) is 7.30. The molecule has 0 fully saturated rings. The Bertz CT molecular complexity index is 842. The van der Waals surface area contributed by atoms with Gasteiger partial charge in [0, 0.05) is 23.5 Å². The molecule has 0 radical (unpaired) electrons. The number of benzene rings is 1. The monoisotopic (exact) mass is 328 g/mol. The SMILES string of the molecule is COC(=O)[C@@H](Cc1c[nH]c2ccccc12)NC(=O)Cn1cnnn1. The molecule has 1 amide bonds. The zero-order valence-corrected chi connectivity index (χ0v) is 13.0. The molecule has 3 aromatic rings. The summed E-state index contributed by atoms with van der Waals surface area (Å²) < 4.78 is 6.07. The highest BCUT2D eigenvalue weighted by Crippen LogP contribution is 2.19. The Morgan fingerprint density at radius 2 is 2.21 bits per heavy atom. The number of nitrogens with one attached hydrogen (secondary N) is 2. The lowest BCUT2D eigenvalue weighted by Crippen LogP contribution is -2.44. The number of aromatic nitrogens is 5. The number of amides is 1. The first-order valence-corrected chi connectivity index (χ1v) is 7.30. The van der Waals surface area contributed by atoms with E-state index < -0.39 is 12.0 Å². The minimum atomic E-state index is -0.793. The molecule has 1 aromatic carbocycles. The number of esters is 1. The number of aromatic amines is 1. The van der Waals surface area contributed by atoms with E-state index >= 15 is 0 Å². The quantitative estimate of drug-likeness (QED) is 0.618. The van der Waals surface area contributed by atoms with Gasteiger partial charge in [-0.05, 0) is 22.1 Å². The Morgan fingerprint density at radius 3 is 2.96 bits per heavy atom. The lowest BCUT2D eigenvalue weighted by atomic mass is 10.0. The van der Waals surface area contributed by atoms with Gasteiger partial charge in [-0.25, -0.2) is 9.48 Å². The van der Waals surface area contributed by atoms with Crippen LogP contribution in [-0.4, -0.2) is 50.2 Å². The normalized spacial score (nSPS) is 12.0. The maximum Gasteiger partial charge on any atom is 0.328 e. The van der Waals surface area contributed by atoms with Gasteiger partial charge in [-0.3, -0.25) is 4.79 Å². The summed E-state index contributed by atoms with van der Waals surface area (Å²) in [6.07, 6.45) is 3.47. The largest absolute Gasteiger partial charge is 0.467 e. The molecule has 9 heteroatoms. The van der Waals surface area contributed by atoms with Crippen LogP contribution in [0.25, 0.3) is 10.9 Å². The molecule has 2 heterocycles. The average Bonchev–Trinajstić information content (AvgIpc) is 3.23. The van der Waals surface area contributed by atoms with E-state index in [4.69, 9.17) is 4.74 Å². The van der Waals surface area contributed by atoms with Gasteiger partial charge in [-0.2, -0.15) is 0 Å². The summed E-state index contributed by atoms with van der Waals surface area (Å²) in [5, 5.41) is 14.2. The van der Waals surface area contributed by atoms with Crippen LogP contribution in [0.3, 0.4) is 0 Å². The molecular formula is C15H16N6O3. The average molecular weight is 328 g/mol. The molecule has 2 aromatic heterocycles. The minimum absolute atomic E-state index is 0.0750. The van der Waals surface area contributed by atoms with E-state index in [1.54, 1.807) is 0 Å². The fraction of sp³-hybridized carbons (Fsp3) is 0.267. The Kier molecular flexibility index (Phi) is 4.50. The van der Waals surface area contributed by atoms with Crippen molar-refractivity contribution < 1.29 is 14.3 Å². The van der Waals surface area contributed by atoms with Crippen molar-refractivity contribution in [2.45, 2.75) is 19.0 Å². The smallest absolute Gasteiger partial charge is 0.328 e. The first-order chi connectivity index (χ1) is 11.7. The zero-order chi connectivity index (χ0) is 16.9. The molecule has 1 atom stereocenters. The number of carbonyl (C=O) groups is 2. The van der Waals surface area contributed by atoms with Gasteiger partial charge < -0.3 is 15.0 Å². The van der Waals surface area contributed by atoms with Gasteiger partial charge in [-0.15, -0.1) is 5.10 Å². The molecule has 0 aliphatic heterocycles. The van der Waals surface area contributed by atoms with E-state index in [1.165, 1.54) is 18.1 Å². The second kappa shape index (κ2) is 6.90. The molecule has 0 unspecified atom stereocenters. The van der Waals surface area contributed by atoms with Crippen LogP contribution in [0.1, 0.15) is 5.56 Å². The van der Waals surface area contributed by atoms with Gasteiger partial charge in [0.15, 0.2) is 0 Å². The van der Waals surface area contributed by atoms with Gasteiger partial charge in [0.05, 0.1) is 7.11 Å². The van der Waals surface area contributed by atoms with Crippen LogP contribution in [0, 0.1) is 0 Å². The summed E-state index contributed by atoms with van der Waals surface area (Å²) in [5.74, 6) is -0.886. The van der Waals surface area contributed by atoms with Crippen LogP contribution in [0.15, 0.2) is 36.8 Å². The lowest BCUT2D eigenvalue weighted by molar-refractivity contribution is -0.145. The van der Waals surface area contributed by atoms with Gasteiger partial charge in [0.2, 0.25) is 5.91 Å². The van der Waals surface area contributed by atoms with Crippen LogP contribution < -0.4 is 5.32 Å². The van der Waals surface area contributed by atoms with Gasteiger partial charge in [-0.1, -0.05) is 18.2 Å². The number of ether oxygens (including phenoxy) is 1. The number of para-hydroxylation sites is 1. The van der Waals surface area contributed by atoms with Crippen molar-refractivity contribution >= 4 is 22.8 Å². The molecule has 3 rings (SSSR count). The van der Waals surface area contributed by atoms with Crippen molar-refractivity contribution in [2.24, 2.45) is 0 Å². The van der Waals surface area contributed by atoms with Crippen LogP contribution in [0.4, 0.5) is 0 Å². The third-order valence-electron chi connectivity index (χ3n) is 3.62. The van der Waals surface area contributed by atoms with E-state index in [2.05, 4.69) is 25.8 Å². The molecule has 0 bridgehead atoms. The lowest BCUT2D eigenvalue weighted by Gasteiger charge is -2.16. The highest BCUT2D eigenvalue weighted by molar-refractivity contribution is 5.87. The van der Waals surface area contributed by atoms with Crippen molar-refractivity contribution in [3.63, 3.8) is 0 Å². The summed E-state index contributed by atoms with van der Waals surface area (Å²) >= 11 is 0. The van der Waals surface area contributed by atoms with Crippen LogP contribution in [0.5, 0.6) is 0 Å². The zero-order valence-electron chi connectivity index (χ0n) is 13.0. The number of H-pyrrole nitrogens is 1. The second-order valence-corrected chi connectivity index (χ2v) is 5.21. The summed E-state index contributed by atoms with van der Waals surface area (Å²) in [7, 11) is 1.29. The highest BCUT2D eigenvalue weighted by atomic mass is 16.5. The van der Waals surface area contributed by atoms with Crippen molar-refractivity contribution in [2.75, 3.05) is 7.11 Å². The third-order valence-corrected chi connectivity index (χ3v) is 3.62. The van der Waals surface area contributed by atoms with Crippen LogP contribution in [-0.2, 0) is 27.3 Å². The van der Waals surface area contributed by atoms with Crippen LogP contribution >= 0.6 is 0 Å². The molecule has 9 nitrogen and oxygen atoms in total. The van der Waals surface area contributed by atoms with Gasteiger partial charge in [0.25, 0.3) is 0 Å². The number of hydrogen-bond acceptors (Lipinski definition) is 6. The molecule has 0 spiro atoms. The third kappa shape index (κ3) is 3.40. The summed E-state index contributed by atoms with van der Waals surface area (Å²) in [4.78, 5) is 27.3. The van der Waals surface area contributed by atoms with Crippen molar-refractivity contribution in [3.05, 3.63) is 42.4 Å². The van der Waals surface area contributed by atoms with E-state index in [0.717, 1.165) is 16.5 Å². The van der Waals surface area contributed by atoms with Gasteiger partial charge >= 0.3 is 5.97 Å². The van der Waals surface area contributed by atoms with E-state index in [9.17, 15) is 9.59 Å². The predicted molar refractivity (Wildman–Crippen MR) is 83.8 cm³/mol. The Balaban J connectivity index is 1.74. The molecule has 0 aliphatic rings. The Labute approximate surface area is 137 Å². The topological polar surface area (TPSA) is 115 Å². The molecule has 24 heavy (non-hydrogen) atoms.